The van der Waals surface area contributed by atoms with Crippen molar-refractivity contribution in [2.75, 3.05) is 0 Å². The maximum absolute atomic E-state index is 12.7. The van der Waals surface area contributed by atoms with Crippen molar-refractivity contribution in [3.8, 4) is 0 Å². The summed E-state index contributed by atoms with van der Waals surface area (Å²) in [6.45, 7) is 3.76. The summed E-state index contributed by atoms with van der Waals surface area (Å²) >= 11 is 0. The molecule has 0 aromatic carbocycles. The molecular formula is C28H23N6O3-. The number of guanidine groups is 1. The molecule has 0 fully saturated rings. The van der Waals surface area contributed by atoms with Gasteiger partial charge >= 0.3 is 11.8 Å². The zero-order valence-corrected chi connectivity index (χ0v) is 20.2. The van der Waals surface area contributed by atoms with Gasteiger partial charge in [-0.05, 0) is 31.6 Å². The summed E-state index contributed by atoms with van der Waals surface area (Å²) in [6.07, 6.45) is 21.5. The molecule has 2 aliphatic carbocycles. The zero-order valence-electron chi connectivity index (χ0n) is 20.2. The van der Waals surface area contributed by atoms with Crippen molar-refractivity contribution in [2.24, 2.45) is 20.9 Å². The molecule has 2 N–H and O–H groups in total. The molecular weight excluding hydrogens is 468 g/mol. The molecule has 0 saturated heterocycles. The minimum atomic E-state index is -1.02. The van der Waals surface area contributed by atoms with Crippen molar-refractivity contribution >= 4 is 47.0 Å². The number of aliphatic imine (C=N–C) groups is 3. The van der Waals surface area contributed by atoms with Crippen molar-refractivity contribution in [3.05, 3.63) is 108 Å². The molecule has 0 unspecified atom stereocenters. The second-order valence-electron chi connectivity index (χ2n) is 8.38. The monoisotopic (exact) mass is 491 g/mol. The van der Waals surface area contributed by atoms with E-state index in [-0.39, 0.29) is 11.5 Å². The van der Waals surface area contributed by atoms with Crippen LogP contribution < -0.4 is 9.56 Å². The molecule has 1 amide bonds. The number of nitrogens with zero attached hydrogens (tertiary/aromatic N) is 5. The summed E-state index contributed by atoms with van der Waals surface area (Å²) in [4.78, 5) is 40.4. The van der Waals surface area contributed by atoms with Crippen molar-refractivity contribution in [1.82, 2.24) is 0 Å². The summed E-state index contributed by atoms with van der Waals surface area (Å²) in [5.74, 6) is -0.755. The fourth-order valence-corrected chi connectivity index (χ4v) is 4.09. The fraction of sp³-hybridized carbons (Fsp3) is 0.107. The normalized spacial score (nSPS) is 23.5. The van der Waals surface area contributed by atoms with Crippen LogP contribution in [0.1, 0.15) is 24.2 Å². The lowest BCUT2D eigenvalue weighted by atomic mass is 9.99. The number of aromatic nitrogens is 1. The van der Waals surface area contributed by atoms with Gasteiger partial charge in [-0.3, -0.25) is 19.7 Å². The second-order valence-corrected chi connectivity index (χ2v) is 8.38. The SMILES string of the molecule is CC=C1C=CC=CC1=NC(=O)C1C=C[C-]([NH+]=C2N=C[CH-]C(=C3C(C)=Nc4ccc(C(=O)O)c[n+]43)[N-]2)C=C1. The Bertz CT molecular complexity index is 1480. The van der Waals surface area contributed by atoms with Crippen molar-refractivity contribution in [1.29, 1.82) is 0 Å². The van der Waals surface area contributed by atoms with Crippen LogP contribution in [0, 0.1) is 18.4 Å². The maximum atomic E-state index is 12.7. The van der Waals surface area contributed by atoms with Gasteiger partial charge in [0.05, 0.1) is 23.2 Å². The van der Waals surface area contributed by atoms with Gasteiger partial charge in [-0.2, -0.15) is 6.42 Å². The van der Waals surface area contributed by atoms with Crippen LogP contribution in [0.5, 0.6) is 0 Å². The topological polar surface area (TPSA) is 123 Å². The van der Waals surface area contributed by atoms with Gasteiger partial charge in [0.25, 0.3) is 0 Å². The Balaban J connectivity index is 1.32. The van der Waals surface area contributed by atoms with Crippen molar-refractivity contribution < 1.29 is 24.3 Å². The highest BCUT2D eigenvalue weighted by Crippen LogP contribution is 2.26. The van der Waals surface area contributed by atoms with E-state index >= 15 is 0 Å². The number of hydrogen-bond acceptors (Lipinski definition) is 3. The molecule has 2 aliphatic heterocycles. The Morgan fingerprint density at radius 2 is 2.03 bits per heavy atom. The summed E-state index contributed by atoms with van der Waals surface area (Å²) < 4.78 is 1.71. The van der Waals surface area contributed by atoms with Crippen LogP contribution in [0.15, 0.2) is 99.3 Å². The lowest BCUT2D eigenvalue weighted by Gasteiger charge is -2.26. The van der Waals surface area contributed by atoms with E-state index in [2.05, 4.69) is 25.3 Å². The van der Waals surface area contributed by atoms with Crippen molar-refractivity contribution in [2.45, 2.75) is 13.8 Å². The Hall–Kier alpha value is -5.05. The quantitative estimate of drug-likeness (QED) is 0.498. The highest BCUT2D eigenvalue weighted by Gasteiger charge is 2.25. The molecule has 0 saturated carbocycles. The van der Waals surface area contributed by atoms with Gasteiger partial charge in [-0.25, -0.2) is 9.79 Å². The number of allylic oxidation sites excluding steroid dienone is 8. The van der Waals surface area contributed by atoms with Crippen LogP contribution in [0.3, 0.4) is 0 Å². The first-order valence-corrected chi connectivity index (χ1v) is 11.6. The first-order chi connectivity index (χ1) is 17.9. The van der Waals surface area contributed by atoms with Gasteiger partial charge in [0, 0.05) is 12.0 Å². The predicted octanol–water partition coefficient (Wildman–Crippen LogP) is 2.36. The first-order valence-electron chi connectivity index (χ1n) is 11.6. The van der Waals surface area contributed by atoms with Gasteiger partial charge in [0.2, 0.25) is 5.91 Å². The average molecular weight is 492 g/mol. The fourth-order valence-electron chi connectivity index (χ4n) is 4.09. The number of carbonyl (C=O) groups excluding carboxylic acids is 1. The number of carboxylic acids is 1. The third-order valence-corrected chi connectivity index (χ3v) is 5.92. The third kappa shape index (κ3) is 4.87. The van der Waals surface area contributed by atoms with Crippen LogP contribution in [-0.4, -0.2) is 40.6 Å². The Morgan fingerprint density at radius 3 is 2.78 bits per heavy atom. The summed E-state index contributed by atoms with van der Waals surface area (Å²) in [7, 11) is 0. The molecule has 9 nitrogen and oxygen atoms in total. The molecule has 3 heterocycles. The number of hydrogen-bond donors (Lipinski definition) is 2. The predicted molar refractivity (Wildman–Crippen MR) is 141 cm³/mol. The van der Waals surface area contributed by atoms with E-state index < -0.39 is 11.9 Å². The number of nitrogens with one attached hydrogen (secondary N) is 1. The molecule has 4 aliphatic rings. The average Bonchev–Trinajstić information content (AvgIpc) is 3.24. The molecule has 1 aromatic rings. The minimum Gasteiger partial charge on any atom is -0.478 e. The molecule has 0 atom stereocenters. The van der Waals surface area contributed by atoms with E-state index in [4.69, 9.17) is 0 Å². The highest BCUT2D eigenvalue weighted by atomic mass is 16.4. The number of aromatic carboxylic acids is 1. The number of carboxylic acid groups (broad SMARTS) is 1. The number of fused-ring (bicyclic) bond motifs is 1. The molecule has 1 aromatic heterocycles. The van der Waals surface area contributed by atoms with E-state index in [0.29, 0.717) is 40.6 Å². The molecule has 37 heavy (non-hydrogen) atoms. The van der Waals surface area contributed by atoms with Crippen LogP contribution in [0.25, 0.3) is 11.0 Å². The maximum Gasteiger partial charge on any atom is 0.339 e. The second kappa shape index (κ2) is 9.90. The van der Waals surface area contributed by atoms with Crippen LogP contribution in [-0.2, 0) is 4.79 Å². The smallest absolute Gasteiger partial charge is 0.339 e. The number of amides is 1. The van der Waals surface area contributed by atoms with Gasteiger partial charge < -0.3 is 10.1 Å². The molecule has 0 radical (unpaired) electrons. The van der Waals surface area contributed by atoms with Gasteiger partial charge in [-0.15, -0.1) is 24.3 Å². The van der Waals surface area contributed by atoms with E-state index in [0.717, 1.165) is 5.57 Å². The van der Waals surface area contributed by atoms with Gasteiger partial charge in [-0.1, -0.05) is 47.2 Å². The van der Waals surface area contributed by atoms with Crippen LogP contribution >= 0.6 is 0 Å². The van der Waals surface area contributed by atoms with Gasteiger partial charge in [0.15, 0.2) is 0 Å². The van der Waals surface area contributed by atoms with E-state index in [1.54, 1.807) is 47.6 Å². The van der Waals surface area contributed by atoms with Crippen LogP contribution in [0.2, 0.25) is 0 Å². The van der Waals surface area contributed by atoms with Gasteiger partial charge in [0.1, 0.15) is 11.7 Å². The number of pyridine rings is 1. The Morgan fingerprint density at radius 1 is 1.24 bits per heavy atom. The molecule has 0 bridgehead atoms. The molecule has 5 rings (SSSR count). The van der Waals surface area contributed by atoms with E-state index in [1.807, 2.05) is 44.2 Å². The van der Waals surface area contributed by atoms with E-state index in [9.17, 15) is 14.7 Å². The number of rotatable bonds is 3. The van der Waals surface area contributed by atoms with E-state index in [1.165, 1.54) is 12.3 Å². The minimum absolute atomic E-state index is 0.152. The summed E-state index contributed by atoms with van der Waals surface area (Å²) in [6, 6.07) is 3.90. The van der Waals surface area contributed by atoms with Crippen LogP contribution in [0.4, 0.5) is 5.82 Å². The Labute approximate surface area is 213 Å². The molecule has 0 spiro atoms. The molecule has 9 heteroatoms. The lowest BCUT2D eigenvalue weighted by molar-refractivity contribution is -0.559. The lowest BCUT2D eigenvalue weighted by Crippen LogP contribution is -2.73. The summed E-state index contributed by atoms with van der Waals surface area (Å²) in [5, 5.41) is 14.0. The summed E-state index contributed by atoms with van der Waals surface area (Å²) in [5.41, 5.74) is 3.69. The largest absolute Gasteiger partial charge is 0.478 e. The Kier molecular flexibility index (Phi) is 6.34. The number of carbonyl (C=O) groups is 2. The third-order valence-electron chi connectivity index (χ3n) is 5.92. The van der Waals surface area contributed by atoms with Crippen molar-refractivity contribution in [3.63, 3.8) is 0 Å². The zero-order chi connectivity index (χ0) is 25.9. The standard InChI is InChI=1S/C28H23N6O3/c1-3-18-6-4-5-7-22(18)32-26(35)19-8-11-21(12-9-19)31-28-29-15-14-23(33-28)25-17(2)30-24-13-10-20(27(36)37)16-34(24)25/h3-16,19,31H,1-2H3,(H,36,37)/q-1. The first kappa shape index (κ1) is 23.7. The molecule has 184 valence electrons. The highest BCUT2D eigenvalue weighted by molar-refractivity contribution is 6.21.